The highest BCUT2D eigenvalue weighted by atomic mass is 32.2. The Bertz CT molecular complexity index is 729. The van der Waals surface area contributed by atoms with Crippen molar-refractivity contribution in [3.8, 4) is 0 Å². The van der Waals surface area contributed by atoms with Crippen LogP contribution < -0.4 is 4.57 Å². The van der Waals surface area contributed by atoms with Gasteiger partial charge in [-0.1, -0.05) is 75.4 Å². The quantitative estimate of drug-likeness (QED) is 0.329. The maximum Gasteiger partial charge on any atom is 0.168 e. The molecular formula is C22H31NO3S. The van der Waals surface area contributed by atoms with E-state index in [0.29, 0.717) is 11.0 Å². The Balaban J connectivity index is 0.000000277. The summed E-state index contributed by atoms with van der Waals surface area (Å²) in [6.07, 6.45) is 15.3. The van der Waals surface area contributed by atoms with E-state index in [1.165, 1.54) is 57.6 Å². The van der Waals surface area contributed by atoms with Gasteiger partial charge in [0.05, 0.1) is 0 Å². The number of nitrogens with zero attached hydrogens (tertiary/aromatic N) is 1. The topological polar surface area (TPSA) is 61.1 Å². The second kappa shape index (κ2) is 14.1. The average Bonchev–Trinajstić information content (AvgIpc) is 2.67. The molecule has 5 heteroatoms. The number of hydrogen-bond donors (Lipinski definition) is 0. The standard InChI is InChI=1S/C14H24N.C8H8O3S/c1-2-3-4-5-6-7-9-12-15-13-10-8-11-14-15;9-12(10,11)7-6-8-4-2-1-3-5-8/h8,10-11,13-14H,2-7,9,12H2,1H3;1-7H,(H,9,10,11)/q+1;/p-1. The third-order valence-electron chi connectivity index (χ3n) is 4.02. The van der Waals surface area contributed by atoms with E-state index in [-0.39, 0.29) is 0 Å². The van der Waals surface area contributed by atoms with Crippen LogP contribution in [0.1, 0.15) is 57.4 Å². The maximum absolute atomic E-state index is 10.2. The van der Waals surface area contributed by atoms with Crippen molar-refractivity contribution in [1.82, 2.24) is 0 Å². The number of benzene rings is 1. The summed E-state index contributed by atoms with van der Waals surface area (Å²) in [5, 5.41) is 0.641. The summed E-state index contributed by atoms with van der Waals surface area (Å²) < 4.78 is 32.8. The highest BCUT2D eigenvalue weighted by molar-refractivity contribution is 7.88. The van der Waals surface area contributed by atoms with Gasteiger partial charge >= 0.3 is 0 Å². The molecule has 0 aliphatic carbocycles. The molecule has 0 aliphatic rings. The number of unbranched alkanes of at least 4 members (excludes halogenated alkanes) is 6. The van der Waals surface area contributed by atoms with Crippen molar-refractivity contribution >= 4 is 16.2 Å². The molecule has 0 saturated carbocycles. The van der Waals surface area contributed by atoms with E-state index in [0.717, 1.165) is 0 Å². The van der Waals surface area contributed by atoms with Crippen LogP contribution in [0.4, 0.5) is 0 Å². The van der Waals surface area contributed by atoms with E-state index in [1.807, 2.05) is 6.07 Å². The number of hydrogen-bond acceptors (Lipinski definition) is 3. The lowest BCUT2D eigenvalue weighted by Crippen LogP contribution is -2.32. The van der Waals surface area contributed by atoms with Crippen LogP contribution in [0.2, 0.25) is 0 Å². The third-order valence-corrected chi connectivity index (χ3v) is 4.49. The van der Waals surface area contributed by atoms with Gasteiger partial charge in [-0.25, -0.2) is 13.0 Å². The fraction of sp³-hybridized carbons (Fsp3) is 0.409. The molecule has 148 valence electrons. The van der Waals surface area contributed by atoms with Crippen LogP contribution >= 0.6 is 0 Å². The van der Waals surface area contributed by atoms with Gasteiger partial charge in [-0.05, 0) is 18.1 Å². The molecule has 0 N–H and O–H groups in total. The molecular weight excluding hydrogens is 358 g/mol. The van der Waals surface area contributed by atoms with E-state index >= 15 is 0 Å². The zero-order chi connectivity index (χ0) is 19.8. The minimum Gasteiger partial charge on any atom is -0.744 e. The van der Waals surface area contributed by atoms with E-state index in [2.05, 4.69) is 42.1 Å². The summed E-state index contributed by atoms with van der Waals surface area (Å²) in [4.78, 5) is 0. The first-order valence-corrected chi connectivity index (χ1v) is 11.1. The maximum atomic E-state index is 10.2. The SMILES string of the molecule is CCCCCCCCC[n+]1ccccc1.O=S(=O)([O-])C=Cc1ccccc1. The van der Waals surface area contributed by atoms with Crippen molar-refractivity contribution in [3.05, 3.63) is 71.9 Å². The van der Waals surface area contributed by atoms with Gasteiger partial charge in [-0.15, -0.1) is 0 Å². The molecule has 1 aromatic heterocycles. The van der Waals surface area contributed by atoms with Crippen molar-refractivity contribution in [2.75, 3.05) is 0 Å². The van der Waals surface area contributed by atoms with Gasteiger partial charge in [-0.2, -0.15) is 0 Å². The summed E-state index contributed by atoms with van der Waals surface area (Å²) in [5.74, 6) is 0. The Morgan fingerprint density at radius 3 is 2.00 bits per heavy atom. The second-order valence-electron chi connectivity index (χ2n) is 6.44. The molecule has 27 heavy (non-hydrogen) atoms. The molecule has 2 rings (SSSR count). The van der Waals surface area contributed by atoms with Gasteiger partial charge in [0.2, 0.25) is 0 Å². The van der Waals surface area contributed by atoms with Crippen molar-refractivity contribution in [3.63, 3.8) is 0 Å². The van der Waals surface area contributed by atoms with E-state index < -0.39 is 10.1 Å². The molecule has 2 aromatic rings. The van der Waals surface area contributed by atoms with E-state index in [4.69, 9.17) is 0 Å². The smallest absolute Gasteiger partial charge is 0.168 e. The van der Waals surface area contributed by atoms with Crippen molar-refractivity contribution < 1.29 is 17.5 Å². The van der Waals surface area contributed by atoms with Crippen molar-refractivity contribution in [1.29, 1.82) is 0 Å². The number of aromatic nitrogens is 1. The number of pyridine rings is 1. The second-order valence-corrected chi connectivity index (χ2v) is 7.70. The van der Waals surface area contributed by atoms with Crippen LogP contribution in [-0.4, -0.2) is 13.0 Å². The highest BCUT2D eigenvalue weighted by Gasteiger charge is 1.97. The van der Waals surface area contributed by atoms with Gasteiger partial charge in [0, 0.05) is 24.0 Å². The Kier molecular flexibility index (Phi) is 12.1. The molecule has 1 aromatic carbocycles. The van der Waals surface area contributed by atoms with Crippen LogP contribution in [0, 0.1) is 0 Å². The van der Waals surface area contributed by atoms with Crippen LogP contribution in [-0.2, 0) is 16.7 Å². The fourth-order valence-electron chi connectivity index (χ4n) is 2.56. The lowest BCUT2D eigenvalue weighted by Gasteiger charge is -1.99. The number of aryl methyl sites for hydroxylation is 1. The van der Waals surface area contributed by atoms with Gasteiger partial charge in [0.15, 0.2) is 12.4 Å². The molecule has 0 spiro atoms. The molecule has 1 heterocycles. The lowest BCUT2D eigenvalue weighted by molar-refractivity contribution is -0.697. The average molecular weight is 390 g/mol. The monoisotopic (exact) mass is 389 g/mol. The molecule has 0 aliphatic heterocycles. The minimum absolute atomic E-state index is 0.641. The van der Waals surface area contributed by atoms with Crippen molar-refractivity contribution in [2.24, 2.45) is 0 Å². The van der Waals surface area contributed by atoms with E-state index in [1.54, 1.807) is 24.3 Å². The zero-order valence-corrected chi connectivity index (χ0v) is 17.0. The Morgan fingerprint density at radius 2 is 1.41 bits per heavy atom. The summed E-state index contributed by atoms with van der Waals surface area (Å²) in [6.45, 7) is 3.45. The zero-order valence-electron chi connectivity index (χ0n) is 16.2. The lowest BCUT2D eigenvalue weighted by atomic mass is 10.1. The third kappa shape index (κ3) is 13.8. The first-order valence-electron chi connectivity index (χ1n) is 9.64. The molecule has 0 bridgehead atoms. The number of rotatable bonds is 10. The largest absolute Gasteiger partial charge is 0.744 e. The predicted molar refractivity (Wildman–Crippen MR) is 110 cm³/mol. The minimum atomic E-state index is -4.25. The Labute approximate surface area is 164 Å². The fourth-order valence-corrected chi connectivity index (χ4v) is 2.88. The first kappa shape index (κ1) is 23.1. The normalized spacial score (nSPS) is 11.2. The van der Waals surface area contributed by atoms with Crippen LogP contribution in [0.15, 0.2) is 66.3 Å². The first-order chi connectivity index (χ1) is 13.0. The molecule has 0 amide bonds. The van der Waals surface area contributed by atoms with Gasteiger partial charge < -0.3 is 4.55 Å². The summed E-state index contributed by atoms with van der Waals surface area (Å²) >= 11 is 0. The summed E-state index contributed by atoms with van der Waals surface area (Å²) in [5.41, 5.74) is 0.692. The van der Waals surface area contributed by atoms with Gasteiger partial charge in [0.1, 0.15) is 16.7 Å². The Hall–Kier alpha value is -1.98. The molecule has 0 atom stereocenters. The van der Waals surface area contributed by atoms with E-state index in [9.17, 15) is 13.0 Å². The highest BCUT2D eigenvalue weighted by Crippen LogP contribution is 2.06. The molecule has 4 nitrogen and oxygen atoms in total. The van der Waals surface area contributed by atoms with Crippen molar-refractivity contribution in [2.45, 2.75) is 58.4 Å². The summed E-state index contributed by atoms with van der Waals surface area (Å²) in [7, 11) is -4.25. The van der Waals surface area contributed by atoms with Crippen LogP contribution in [0.3, 0.4) is 0 Å². The van der Waals surface area contributed by atoms with Crippen LogP contribution in [0.25, 0.3) is 6.08 Å². The van der Waals surface area contributed by atoms with Gasteiger partial charge in [-0.3, -0.25) is 0 Å². The van der Waals surface area contributed by atoms with Crippen LogP contribution in [0.5, 0.6) is 0 Å². The molecule has 0 unspecified atom stereocenters. The molecule has 0 saturated heterocycles. The molecule has 0 fully saturated rings. The predicted octanol–water partition coefficient (Wildman–Crippen LogP) is 4.93. The Morgan fingerprint density at radius 1 is 0.852 bits per heavy atom. The van der Waals surface area contributed by atoms with Gasteiger partial charge in [0.25, 0.3) is 0 Å². The molecule has 0 radical (unpaired) electrons. The summed E-state index contributed by atoms with van der Waals surface area (Å²) in [6, 6.07) is 15.0.